The van der Waals surface area contributed by atoms with E-state index in [1.165, 1.54) is 11.3 Å². The summed E-state index contributed by atoms with van der Waals surface area (Å²) in [5, 5.41) is 5.43. The van der Waals surface area contributed by atoms with E-state index in [9.17, 15) is 9.59 Å². The van der Waals surface area contributed by atoms with Gasteiger partial charge in [0, 0.05) is 6.04 Å². The Bertz CT molecular complexity index is 435. The molecule has 1 aromatic rings. The minimum absolute atomic E-state index is 0.0455. The Kier molecular flexibility index (Phi) is 3.83. The first-order valence-corrected chi connectivity index (χ1v) is 7.00. The second kappa shape index (κ2) is 5.18. The van der Waals surface area contributed by atoms with Gasteiger partial charge >= 0.3 is 0 Å². The van der Waals surface area contributed by atoms with Crippen molar-refractivity contribution in [3.05, 3.63) is 20.3 Å². The van der Waals surface area contributed by atoms with Gasteiger partial charge in [-0.2, -0.15) is 0 Å². The van der Waals surface area contributed by atoms with Crippen LogP contribution in [0.4, 0.5) is 0 Å². The molecule has 17 heavy (non-hydrogen) atoms. The molecule has 1 fully saturated rings. The molecular weight excluding hydrogens is 304 g/mol. The maximum atomic E-state index is 11.7. The molecule has 1 aromatic heterocycles. The molecule has 4 nitrogen and oxygen atoms in total. The third kappa shape index (κ3) is 3.54. The number of carbonyl (C=O) groups excluding carboxylic acids is 2. The Morgan fingerprint density at radius 3 is 2.76 bits per heavy atom. The lowest BCUT2D eigenvalue weighted by Gasteiger charge is -2.04. The van der Waals surface area contributed by atoms with E-state index < -0.39 is 0 Å². The summed E-state index contributed by atoms with van der Waals surface area (Å²) in [6, 6.07) is 2.14. The van der Waals surface area contributed by atoms with Crippen molar-refractivity contribution in [1.82, 2.24) is 10.6 Å². The standard InChI is InChI=1S/C11H13BrN2O2S/c1-6-4-8(17-10(6)12)11(16)13-5-9(15)14-7-2-3-7/h4,7H,2-3,5H2,1H3,(H,13,16)(H,14,15). The maximum absolute atomic E-state index is 11.7. The summed E-state index contributed by atoms with van der Waals surface area (Å²) in [6.07, 6.45) is 2.10. The Morgan fingerprint density at radius 2 is 2.24 bits per heavy atom. The highest BCUT2D eigenvalue weighted by Gasteiger charge is 2.23. The fourth-order valence-corrected chi connectivity index (χ4v) is 2.78. The lowest BCUT2D eigenvalue weighted by Crippen LogP contribution is -2.37. The first-order chi connectivity index (χ1) is 8.06. The van der Waals surface area contributed by atoms with Crippen molar-refractivity contribution < 1.29 is 9.59 Å². The minimum atomic E-state index is -0.199. The molecule has 1 heterocycles. The number of thiophene rings is 1. The smallest absolute Gasteiger partial charge is 0.261 e. The van der Waals surface area contributed by atoms with Gasteiger partial charge in [0.05, 0.1) is 15.2 Å². The highest BCUT2D eigenvalue weighted by atomic mass is 79.9. The molecule has 0 bridgehead atoms. The van der Waals surface area contributed by atoms with Crippen LogP contribution in [0.3, 0.4) is 0 Å². The van der Waals surface area contributed by atoms with Gasteiger partial charge in [0.1, 0.15) is 0 Å². The van der Waals surface area contributed by atoms with Crippen LogP contribution in [-0.4, -0.2) is 24.4 Å². The summed E-state index contributed by atoms with van der Waals surface area (Å²) in [6.45, 7) is 1.97. The van der Waals surface area contributed by atoms with Gasteiger partial charge in [-0.3, -0.25) is 9.59 Å². The SMILES string of the molecule is Cc1cc(C(=O)NCC(=O)NC2CC2)sc1Br. The van der Waals surface area contributed by atoms with Crippen molar-refractivity contribution in [2.45, 2.75) is 25.8 Å². The van der Waals surface area contributed by atoms with Crippen LogP contribution in [0.2, 0.25) is 0 Å². The molecule has 0 radical (unpaired) electrons. The van der Waals surface area contributed by atoms with Crippen LogP contribution >= 0.6 is 27.3 Å². The molecule has 2 N–H and O–H groups in total. The van der Waals surface area contributed by atoms with E-state index in [1.807, 2.05) is 13.0 Å². The van der Waals surface area contributed by atoms with Crippen LogP contribution in [0.5, 0.6) is 0 Å². The third-order valence-electron chi connectivity index (χ3n) is 2.43. The second-order valence-corrected chi connectivity index (χ2v) is 6.46. The Labute approximate surface area is 112 Å². The molecule has 6 heteroatoms. The van der Waals surface area contributed by atoms with Crippen LogP contribution in [-0.2, 0) is 4.79 Å². The lowest BCUT2D eigenvalue weighted by molar-refractivity contribution is -0.120. The fraction of sp³-hybridized carbons (Fsp3) is 0.455. The quantitative estimate of drug-likeness (QED) is 0.890. The predicted octanol–water partition coefficient (Wildman–Crippen LogP) is 1.83. The number of hydrogen-bond donors (Lipinski definition) is 2. The van der Waals surface area contributed by atoms with Gasteiger partial charge < -0.3 is 10.6 Å². The normalized spacial score (nSPS) is 14.5. The van der Waals surface area contributed by atoms with Crippen molar-refractivity contribution in [3.8, 4) is 0 Å². The Hall–Kier alpha value is -0.880. The van der Waals surface area contributed by atoms with Gasteiger partial charge in [-0.05, 0) is 47.3 Å². The number of nitrogens with one attached hydrogen (secondary N) is 2. The molecule has 0 unspecified atom stereocenters. The summed E-state index contributed by atoms with van der Waals surface area (Å²) in [5.41, 5.74) is 1.03. The number of halogens is 1. The Morgan fingerprint density at radius 1 is 1.53 bits per heavy atom. The van der Waals surface area contributed by atoms with Crippen molar-refractivity contribution >= 4 is 39.1 Å². The fourth-order valence-electron chi connectivity index (χ4n) is 1.33. The van der Waals surface area contributed by atoms with Gasteiger partial charge in [0.25, 0.3) is 5.91 Å². The van der Waals surface area contributed by atoms with Gasteiger partial charge in [-0.25, -0.2) is 0 Å². The number of amides is 2. The zero-order valence-electron chi connectivity index (χ0n) is 9.38. The van der Waals surface area contributed by atoms with E-state index in [2.05, 4.69) is 26.6 Å². The van der Waals surface area contributed by atoms with E-state index >= 15 is 0 Å². The van der Waals surface area contributed by atoms with E-state index in [4.69, 9.17) is 0 Å². The highest BCUT2D eigenvalue weighted by molar-refractivity contribution is 9.11. The molecular formula is C11H13BrN2O2S. The topological polar surface area (TPSA) is 58.2 Å². The molecule has 0 atom stereocenters. The zero-order valence-corrected chi connectivity index (χ0v) is 11.8. The van der Waals surface area contributed by atoms with Crippen molar-refractivity contribution in [2.24, 2.45) is 0 Å². The minimum Gasteiger partial charge on any atom is -0.352 e. The van der Waals surface area contributed by atoms with Crippen molar-refractivity contribution in [3.63, 3.8) is 0 Å². The average Bonchev–Trinajstić information content (AvgIpc) is 3.02. The van der Waals surface area contributed by atoms with E-state index in [0.29, 0.717) is 10.9 Å². The molecule has 92 valence electrons. The maximum Gasteiger partial charge on any atom is 0.261 e. The van der Waals surface area contributed by atoms with Crippen LogP contribution < -0.4 is 10.6 Å². The van der Waals surface area contributed by atoms with Crippen molar-refractivity contribution in [2.75, 3.05) is 6.54 Å². The van der Waals surface area contributed by atoms with Gasteiger partial charge in [-0.15, -0.1) is 11.3 Å². The monoisotopic (exact) mass is 316 g/mol. The molecule has 2 amide bonds. The molecule has 0 saturated heterocycles. The van der Waals surface area contributed by atoms with Gasteiger partial charge in [0.2, 0.25) is 5.91 Å². The average molecular weight is 317 g/mol. The summed E-state index contributed by atoms with van der Waals surface area (Å²) >= 11 is 4.74. The van der Waals surface area contributed by atoms with Crippen LogP contribution in [0.1, 0.15) is 28.1 Å². The van der Waals surface area contributed by atoms with E-state index in [0.717, 1.165) is 22.2 Å². The number of rotatable bonds is 4. The number of hydrogen-bond acceptors (Lipinski definition) is 3. The predicted molar refractivity (Wildman–Crippen MR) is 70.3 cm³/mol. The van der Waals surface area contributed by atoms with E-state index in [1.54, 1.807) is 0 Å². The summed E-state index contributed by atoms with van der Waals surface area (Å²) < 4.78 is 0.949. The largest absolute Gasteiger partial charge is 0.352 e. The zero-order chi connectivity index (χ0) is 12.4. The van der Waals surface area contributed by atoms with Gasteiger partial charge in [0.15, 0.2) is 0 Å². The first-order valence-electron chi connectivity index (χ1n) is 5.40. The number of aryl methyl sites for hydroxylation is 1. The third-order valence-corrected chi connectivity index (χ3v) is 4.57. The lowest BCUT2D eigenvalue weighted by atomic mass is 10.3. The molecule has 0 aliphatic heterocycles. The number of carbonyl (C=O) groups is 2. The first kappa shape index (κ1) is 12.6. The van der Waals surface area contributed by atoms with Crippen molar-refractivity contribution in [1.29, 1.82) is 0 Å². The molecule has 0 aromatic carbocycles. The van der Waals surface area contributed by atoms with Crippen LogP contribution in [0, 0.1) is 6.92 Å². The summed E-state index contributed by atoms with van der Waals surface area (Å²) in [4.78, 5) is 23.7. The molecule has 1 aliphatic carbocycles. The highest BCUT2D eigenvalue weighted by Crippen LogP contribution is 2.27. The summed E-state index contributed by atoms with van der Waals surface area (Å²) in [5.74, 6) is -0.317. The second-order valence-electron chi connectivity index (χ2n) is 4.09. The molecule has 0 spiro atoms. The van der Waals surface area contributed by atoms with Crippen LogP contribution in [0.25, 0.3) is 0 Å². The van der Waals surface area contributed by atoms with Gasteiger partial charge in [-0.1, -0.05) is 0 Å². The molecule has 1 aliphatic rings. The molecule has 2 rings (SSSR count). The van der Waals surface area contributed by atoms with Crippen LogP contribution in [0.15, 0.2) is 9.85 Å². The summed E-state index contributed by atoms with van der Waals surface area (Å²) in [7, 11) is 0. The Balaban J connectivity index is 1.81. The van der Waals surface area contributed by atoms with E-state index in [-0.39, 0.29) is 18.4 Å². The molecule has 1 saturated carbocycles.